The van der Waals surface area contributed by atoms with Crippen molar-refractivity contribution in [3.63, 3.8) is 0 Å². The highest BCUT2D eigenvalue weighted by Gasteiger charge is 2.48. The normalized spacial score (nSPS) is 20.0. The molecule has 3 aliphatic rings. The van der Waals surface area contributed by atoms with Gasteiger partial charge >= 0.3 is 0 Å². The molecule has 0 saturated heterocycles. The molecule has 0 saturated carbocycles. The van der Waals surface area contributed by atoms with E-state index >= 15 is 0 Å². The van der Waals surface area contributed by atoms with Gasteiger partial charge in [-0.1, -0.05) is 93.9 Å². The molecule has 0 fully saturated rings. The Balaban J connectivity index is 1.42. The van der Waals surface area contributed by atoms with Crippen LogP contribution in [-0.2, 0) is 22.7 Å². The SMILES string of the molecule is CC1(C)CC(=O)C2=C(C1)N(Cc1ccccc1)C1=C(C(=O)CC(C)(C)C1)C2c1ccc(OCc2ccc(Cl)cc2)cc1. The Hall–Kier alpha value is -3.63. The third-order valence-electron chi connectivity index (χ3n) is 8.74. The molecule has 216 valence electrons. The van der Waals surface area contributed by atoms with Gasteiger partial charge in [-0.25, -0.2) is 0 Å². The van der Waals surface area contributed by atoms with Crippen molar-refractivity contribution in [3.05, 3.63) is 123 Å². The van der Waals surface area contributed by atoms with Crippen LogP contribution in [0.15, 0.2) is 101 Å². The molecular weight excluding hydrogens is 542 g/mol. The number of benzene rings is 3. The van der Waals surface area contributed by atoms with Crippen molar-refractivity contribution in [2.24, 2.45) is 10.8 Å². The molecule has 42 heavy (non-hydrogen) atoms. The number of Topliss-reactive ketones (excluding diaryl/α,β-unsaturated/α-hetero) is 2. The van der Waals surface area contributed by atoms with Crippen LogP contribution in [0.4, 0.5) is 0 Å². The van der Waals surface area contributed by atoms with Gasteiger partial charge in [-0.15, -0.1) is 0 Å². The summed E-state index contributed by atoms with van der Waals surface area (Å²) in [5.41, 5.74) is 6.62. The van der Waals surface area contributed by atoms with E-state index in [9.17, 15) is 9.59 Å². The lowest BCUT2D eigenvalue weighted by atomic mass is 9.63. The monoisotopic (exact) mass is 579 g/mol. The fourth-order valence-corrected chi connectivity index (χ4v) is 6.97. The molecule has 1 aliphatic heterocycles. The molecule has 3 aromatic rings. The van der Waals surface area contributed by atoms with Gasteiger partial charge in [0.15, 0.2) is 11.6 Å². The van der Waals surface area contributed by atoms with Gasteiger partial charge in [-0.3, -0.25) is 9.59 Å². The molecule has 5 heteroatoms. The van der Waals surface area contributed by atoms with Gasteiger partial charge in [-0.05, 0) is 64.6 Å². The van der Waals surface area contributed by atoms with Crippen molar-refractivity contribution in [1.82, 2.24) is 4.90 Å². The molecule has 6 rings (SSSR count). The van der Waals surface area contributed by atoms with Crippen molar-refractivity contribution in [1.29, 1.82) is 0 Å². The first-order valence-electron chi connectivity index (χ1n) is 14.8. The highest BCUT2D eigenvalue weighted by atomic mass is 35.5. The zero-order valence-electron chi connectivity index (χ0n) is 24.9. The van der Waals surface area contributed by atoms with Gasteiger partial charge in [0.2, 0.25) is 0 Å². The predicted octanol–water partition coefficient (Wildman–Crippen LogP) is 8.80. The van der Waals surface area contributed by atoms with Crippen LogP contribution in [-0.4, -0.2) is 16.5 Å². The maximum atomic E-state index is 14.0. The standard InChI is InChI=1S/C37H38ClNO3/c1-36(2)18-29-34(31(40)20-36)33(26-12-16-28(17-13-26)42-23-25-10-14-27(38)15-11-25)35-30(19-37(3,4)21-32(35)41)39(29)22-24-8-6-5-7-9-24/h5-17,33H,18-23H2,1-4H3. The van der Waals surface area contributed by atoms with Crippen molar-refractivity contribution in [2.45, 2.75) is 72.4 Å². The number of hydrogen-bond donors (Lipinski definition) is 0. The molecule has 2 aliphatic carbocycles. The summed E-state index contributed by atoms with van der Waals surface area (Å²) < 4.78 is 6.06. The second-order valence-corrected chi connectivity index (χ2v) is 14.0. The Morgan fingerprint density at radius 1 is 0.714 bits per heavy atom. The van der Waals surface area contributed by atoms with Gasteiger partial charge in [0.1, 0.15) is 12.4 Å². The first-order valence-corrected chi connectivity index (χ1v) is 15.2. The third kappa shape index (κ3) is 5.70. The summed E-state index contributed by atoms with van der Waals surface area (Å²) in [5.74, 6) is 0.679. The first-order chi connectivity index (χ1) is 20.0. The average Bonchev–Trinajstić information content (AvgIpc) is 2.93. The number of rotatable bonds is 6. The summed E-state index contributed by atoms with van der Waals surface area (Å²) in [6.45, 7) is 9.79. The van der Waals surface area contributed by atoms with Gasteiger partial charge in [0.25, 0.3) is 0 Å². The summed E-state index contributed by atoms with van der Waals surface area (Å²) in [6, 6.07) is 26.0. The van der Waals surface area contributed by atoms with Crippen LogP contribution in [0, 0.1) is 10.8 Å². The van der Waals surface area contributed by atoms with Gasteiger partial charge in [0.05, 0.1) is 0 Å². The Morgan fingerprint density at radius 3 is 1.81 bits per heavy atom. The van der Waals surface area contributed by atoms with Crippen LogP contribution in [0.3, 0.4) is 0 Å². The fraction of sp³-hybridized carbons (Fsp3) is 0.351. The second kappa shape index (κ2) is 10.9. The van der Waals surface area contributed by atoms with E-state index in [0.29, 0.717) is 31.0 Å². The van der Waals surface area contributed by atoms with E-state index in [1.165, 1.54) is 5.56 Å². The molecule has 0 unspecified atom stereocenters. The first kappa shape index (κ1) is 28.5. The van der Waals surface area contributed by atoms with Gasteiger partial charge in [0, 0.05) is 52.9 Å². The number of carbonyl (C=O) groups excluding carboxylic acids is 2. The second-order valence-electron chi connectivity index (χ2n) is 13.6. The van der Waals surface area contributed by atoms with Crippen molar-refractivity contribution in [2.75, 3.05) is 0 Å². The number of ketones is 2. The Morgan fingerprint density at radius 2 is 1.26 bits per heavy atom. The molecule has 0 bridgehead atoms. The van der Waals surface area contributed by atoms with E-state index in [-0.39, 0.29) is 28.3 Å². The number of allylic oxidation sites excluding steroid dienone is 4. The zero-order chi connectivity index (χ0) is 29.6. The number of carbonyl (C=O) groups is 2. The zero-order valence-corrected chi connectivity index (χ0v) is 25.6. The topological polar surface area (TPSA) is 46.6 Å². The predicted molar refractivity (Wildman–Crippen MR) is 167 cm³/mol. The average molecular weight is 580 g/mol. The Kier molecular flexibility index (Phi) is 7.39. The van der Waals surface area contributed by atoms with E-state index in [0.717, 1.165) is 52.3 Å². The van der Waals surface area contributed by atoms with E-state index < -0.39 is 0 Å². The molecule has 4 nitrogen and oxygen atoms in total. The van der Waals surface area contributed by atoms with Gasteiger partial charge in [-0.2, -0.15) is 0 Å². The highest BCUT2D eigenvalue weighted by Crippen LogP contribution is 2.54. The van der Waals surface area contributed by atoms with E-state index in [4.69, 9.17) is 16.3 Å². The van der Waals surface area contributed by atoms with Gasteiger partial charge < -0.3 is 9.64 Å². The van der Waals surface area contributed by atoms with E-state index in [1.54, 1.807) is 0 Å². The summed E-state index contributed by atoms with van der Waals surface area (Å²) in [6.07, 6.45) is 2.55. The molecule has 0 N–H and O–H groups in total. The maximum Gasteiger partial charge on any atom is 0.162 e. The number of halogens is 1. The molecule has 0 amide bonds. The molecular formula is C37H38ClNO3. The van der Waals surface area contributed by atoms with Crippen LogP contribution in [0.2, 0.25) is 5.02 Å². The Bertz CT molecular complexity index is 1530. The lowest BCUT2D eigenvalue weighted by Gasteiger charge is -2.49. The minimum atomic E-state index is -0.362. The van der Waals surface area contributed by atoms with Crippen molar-refractivity contribution < 1.29 is 14.3 Å². The highest BCUT2D eigenvalue weighted by molar-refractivity contribution is 6.30. The van der Waals surface area contributed by atoms with Crippen LogP contribution in [0.1, 0.15) is 76.0 Å². The van der Waals surface area contributed by atoms with E-state index in [2.05, 4.69) is 56.9 Å². The molecule has 3 aromatic carbocycles. The summed E-state index contributed by atoms with van der Waals surface area (Å²) in [5, 5.41) is 0.696. The number of nitrogens with zero attached hydrogens (tertiary/aromatic N) is 1. The smallest absolute Gasteiger partial charge is 0.162 e. The number of hydrogen-bond acceptors (Lipinski definition) is 4. The van der Waals surface area contributed by atoms with Crippen LogP contribution in [0.5, 0.6) is 5.75 Å². The van der Waals surface area contributed by atoms with Crippen molar-refractivity contribution in [3.8, 4) is 5.75 Å². The molecule has 0 aromatic heterocycles. The van der Waals surface area contributed by atoms with Crippen molar-refractivity contribution >= 4 is 23.2 Å². The number of ether oxygens (including phenoxy) is 1. The largest absolute Gasteiger partial charge is 0.489 e. The lowest BCUT2D eigenvalue weighted by molar-refractivity contribution is -0.119. The van der Waals surface area contributed by atoms with Crippen LogP contribution in [0.25, 0.3) is 0 Å². The third-order valence-corrected chi connectivity index (χ3v) is 8.99. The minimum Gasteiger partial charge on any atom is -0.489 e. The summed E-state index contributed by atoms with van der Waals surface area (Å²) >= 11 is 6.02. The summed E-state index contributed by atoms with van der Waals surface area (Å²) in [7, 11) is 0. The van der Waals surface area contributed by atoms with Crippen LogP contribution >= 0.6 is 11.6 Å². The molecule has 1 heterocycles. The Labute approximate surface area is 254 Å². The molecule has 0 spiro atoms. The van der Waals surface area contributed by atoms with Crippen LogP contribution < -0.4 is 4.74 Å². The van der Waals surface area contributed by atoms with E-state index in [1.807, 2.05) is 54.6 Å². The summed E-state index contributed by atoms with van der Waals surface area (Å²) in [4.78, 5) is 30.4. The minimum absolute atomic E-state index is 0.150. The fourth-order valence-electron chi connectivity index (χ4n) is 6.84. The molecule has 0 radical (unpaired) electrons. The lowest BCUT2D eigenvalue weighted by Crippen LogP contribution is -2.44. The quantitative estimate of drug-likeness (QED) is 0.293. The maximum absolute atomic E-state index is 14.0. The molecule has 0 atom stereocenters.